The summed E-state index contributed by atoms with van der Waals surface area (Å²) in [6, 6.07) is 11.6. The monoisotopic (exact) mass is 270 g/mol. The van der Waals surface area contributed by atoms with E-state index in [9.17, 15) is 13.0 Å². The molecule has 1 atom stereocenters. The van der Waals surface area contributed by atoms with Crippen molar-refractivity contribution in [3.63, 3.8) is 0 Å². The fourth-order valence-electron chi connectivity index (χ4n) is 1.19. The van der Waals surface area contributed by atoms with Crippen molar-refractivity contribution in [2.24, 2.45) is 0 Å². The van der Waals surface area contributed by atoms with E-state index in [0.717, 1.165) is 12.1 Å². The minimum absolute atomic E-state index is 0.299. The lowest BCUT2D eigenvalue weighted by Crippen LogP contribution is -2.09. The highest BCUT2D eigenvalue weighted by molar-refractivity contribution is 7.75. The maximum absolute atomic E-state index is 13.2. The lowest BCUT2D eigenvalue weighted by Gasteiger charge is -2.06. The van der Waals surface area contributed by atoms with E-state index in [1.165, 1.54) is 6.07 Å². The molecular weight excluding hydrogens is 262 g/mol. The van der Waals surface area contributed by atoms with Gasteiger partial charge in [0.2, 0.25) is 5.82 Å². The number of rotatable bonds is 4. The average Bonchev–Trinajstić information content (AvgIpc) is 2.36. The second-order valence-corrected chi connectivity index (χ2v) is 3.98. The Balaban J connectivity index is 2.06. The van der Waals surface area contributed by atoms with E-state index in [4.69, 9.17) is 4.18 Å². The van der Waals surface area contributed by atoms with Crippen LogP contribution >= 0.6 is 0 Å². The van der Waals surface area contributed by atoms with E-state index in [-0.39, 0.29) is 0 Å². The molecule has 0 aliphatic heterocycles. The van der Waals surface area contributed by atoms with Crippen molar-refractivity contribution in [1.82, 2.24) is 0 Å². The Bertz CT molecular complexity index is 561. The fraction of sp³-hybridized carbons (Fsp3) is 0. The quantitative estimate of drug-likeness (QED) is 0.856. The average molecular weight is 270 g/mol. The fourth-order valence-corrected chi connectivity index (χ4v) is 1.77. The summed E-state index contributed by atoms with van der Waals surface area (Å²) in [7, 11) is 0. The summed E-state index contributed by atoms with van der Waals surface area (Å²) in [6.07, 6.45) is 0. The Hall–Kier alpha value is -1.95. The summed E-state index contributed by atoms with van der Waals surface area (Å²) in [5.74, 6) is -2.45. The van der Waals surface area contributed by atoms with Gasteiger partial charge < -0.3 is 8.37 Å². The molecule has 0 amide bonds. The molecule has 94 valence electrons. The van der Waals surface area contributed by atoms with Crippen LogP contribution in [0.2, 0.25) is 0 Å². The molecule has 0 bridgehead atoms. The zero-order chi connectivity index (χ0) is 13.0. The van der Waals surface area contributed by atoms with Crippen molar-refractivity contribution in [3.8, 4) is 11.5 Å². The van der Waals surface area contributed by atoms with Gasteiger partial charge in [-0.2, -0.15) is 8.60 Å². The largest absolute Gasteiger partial charge is 0.417 e. The van der Waals surface area contributed by atoms with Crippen LogP contribution in [0.1, 0.15) is 0 Å². The van der Waals surface area contributed by atoms with Gasteiger partial charge in [-0.1, -0.05) is 24.3 Å². The van der Waals surface area contributed by atoms with Gasteiger partial charge in [-0.25, -0.2) is 4.39 Å². The van der Waals surface area contributed by atoms with Gasteiger partial charge in [0, 0.05) is 0 Å². The van der Waals surface area contributed by atoms with Gasteiger partial charge in [-0.05, 0) is 24.3 Å². The summed E-state index contributed by atoms with van der Waals surface area (Å²) in [4.78, 5) is 0. The number of halogens is 2. The topological polar surface area (TPSA) is 35.5 Å². The maximum Gasteiger partial charge on any atom is 0.417 e. The van der Waals surface area contributed by atoms with Crippen molar-refractivity contribution >= 4 is 11.4 Å². The van der Waals surface area contributed by atoms with Crippen LogP contribution < -0.4 is 8.37 Å². The van der Waals surface area contributed by atoms with Crippen LogP contribution in [0.15, 0.2) is 48.5 Å². The molecule has 0 saturated carbocycles. The molecule has 2 aromatic carbocycles. The standard InChI is InChI=1S/C12H8F2O3S/c13-10-7-4-8-11(12(10)14)17-18(15)16-9-5-2-1-3-6-9/h1-8H. The van der Waals surface area contributed by atoms with Gasteiger partial charge in [0.05, 0.1) is 0 Å². The molecule has 0 aromatic heterocycles. The third-order valence-electron chi connectivity index (χ3n) is 1.98. The first-order valence-corrected chi connectivity index (χ1v) is 5.94. The molecule has 3 nitrogen and oxygen atoms in total. The van der Waals surface area contributed by atoms with Gasteiger partial charge in [0.15, 0.2) is 11.6 Å². The van der Waals surface area contributed by atoms with Gasteiger partial charge in [-0.15, -0.1) is 0 Å². The molecule has 6 heteroatoms. The Labute approximate surface area is 105 Å². The van der Waals surface area contributed by atoms with Gasteiger partial charge >= 0.3 is 11.4 Å². The Morgan fingerprint density at radius 1 is 0.889 bits per heavy atom. The first-order chi connectivity index (χ1) is 8.66. The number of hydrogen-bond acceptors (Lipinski definition) is 3. The third-order valence-corrected chi connectivity index (χ3v) is 2.63. The summed E-state index contributed by atoms with van der Waals surface area (Å²) < 4.78 is 47.0. The summed E-state index contributed by atoms with van der Waals surface area (Å²) in [5.41, 5.74) is 0. The predicted octanol–water partition coefficient (Wildman–Crippen LogP) is 3.00. The number of para-hydroxylation sites is 1. The molecule has 0 saturated heterocycles. The zero-order valence-corrected chi connectivity index (χ0v) is 9.82. The maximum atomic E-state index is 13.2. The highest BCUT2D eigenvalue weighted by Gasteiger charge is 2.13. The van der Waals surface area contributed by atoms with Gasteiger partial charge in [0.25, 0.3) is 0 Å². The van der Waals surface area contributed by atoms with Crippen LogP contribution in [0.4, 0.5) is 8.78 Å². The second kappa shape index (κ2) is 5.59. The zero-order valence-electron chi connectivity index (χ0n) is 9.01. The molecule has 18 heavy (non-hydrogen) atoms. The van der Waals surface area contributed by atoms with Crippen molar-refractivity contribution < 1.29 is 21.4 Å². The van der Waals surface area contributed by atoms with E-state index < -0.39 is 28.7 Å². The van der Waals surface area contributed by atoms with E-state index in [0.29, 0.717) is 5.75 Å². The molecule has 0 aliphatic rings. The van der Waals surface area contributed by atoms with Crippen LogP contribution in [0.5, 0.6) is 11.5 Å². The van der Waals surface area contributed by atoms with Gasteiger partial charge in [0.1, 0.15) is 5.75 Å². The van der Waals surface area contributed by atoms with E-state index >= 15 is 0 Å². The minimum Gasteiger partial charge on any atom is -0.371 e. The number of hydrogen-bond donors (Lipinski definition) is 0. The minimum atomic E-state index is -2.25. The number of benzene rings is 2. The van der Waals surface area contributed by atoms with Crippen LogP contribution in [0, 0.1) is 11.6 Å². The molecule has 0 fully saturated rings. The second-order valence-electron chi connectivity index (χ2n) is 3.24. The Morgan fingerprint density at radius 2 is 1.61 bits per heavy atom. The first-order valence-electron chi connectivity index (χ1n) is 4.94. The van der Waals surface area contributed by atoms with Crippen molar-refractivity contribution in [2.45, 2.75) is 0 Å². The van der Waals surface area contributed by atoms with Crippen molar-refractivity contribution in [2.75, 3.05) is 0 Å². The van der Waals surface area contributed by atoms with E-state index in [1.807, 2.05) is 0 Å². The third kappa shape index (κ3) is 3.04. The van der Waals surface area contributed by atoms with Crippen LogP contribution in [-0.2, 0) is 11.4 Å². The lowest BCUT2D eigenvalue weighted by atomic mass is 10.3. The Kier molecular flexibility index (Phi) is 3.88. The molecular formula is C12H8F2O3S. The van der Waals surface area contributed by atoms with Crippen LogP contribution in [0.25, 0.3) is 0 Å². The van der Waals surface area contributed by atoms with Crippen molar-refractivity contribution in [3.05, 3.63) is 60.2 Å². The highest BCUT2D eigenvalue weighted by Crippen LogP contribution is 2.21. The summed E-state index contributed by atoms with van der Waals surface area (Å²) in [5, 5.41) is 0. The molecule has 0 radical (unpaired) electrons. The Morgan fingerprint density at radius 3 is 2.33 bits per heavy atom. The highest BCUT2D eigenvalue weighted by atomic mass is 32.2. The van der Waals surface area contributed by atoms with E-state index in [1.54, 1.807) is 30.3 Å². The molecule has 1 unspecified atom stereocenters. The molecule has 0 aliphatic carbocycles. The normalized spacial score (nSPS) is 11.9. The molecule has 0 N–H and O–H groups in total. The van der Waals surface area contributed by atoms with Crippen LogP contribution in [0.3, 0.4) is 0 Å². The molecule has 0 heterocycles. The SMILES string of the molecule is O=S(Oc1ccccc1)Oc1cccc(F)c1F. The smallest absolute Gasteiger partial charge is 0.371 e. The first kappa shape index (κ1) is 12.5. The van der Waals surface area contributed by atoms with E-state index in [2.05, 4.69) is 4.18 Å². The summed E-state index contributed by atoms with van der Waals surface area (Å²) >= 11 is -2.25. The van der Waals surface area contributed by atoms with Gasteiger partial charge in [-0.3, -0.25) is 0 Å². The predicted molar refractivity (Wildman–Crippen MR) is 62.2 cm³/mol. The van der Waals surface area contributed by atoms with Crippen LogP contribution in [-0.4, -0.2) is 4.21 Å². The summed E-state index contributed by atoms with van der Waals surface area (Å²) in [6.45, 7) is 0. The molecule has 2 aromatic rings. The lowest BCUT2D eigenvalue weighted by molar-refractivity contribution is 0.425. The molecule has 2 rings (SSSR count). The van der Waals surface area contributed by atoms with Crippen molar-refractivity contribution in [1.29, 1.82) is 0 Å². The molecule has 0 spiro atoms.